The van der Waals surface area contributed by atoms with E-state index in [0.29, 0.717) is 0 Å². The fourth-order valence-electron chi connectivity index (χ4n) is 5.42. The monoisotopic (exact) mass is 553 g/mol. The summed E-state index contributed by atoms with van der Waals surface area (Å²) in [5, 5.41) is 12.6. The molecule has 0 aromatic heterocycles. The van der Waals surface area contributed by atoms with E-state index in [-0.39, 0.29) is 6.61 Å². The minimum absolute atomic E-state index is 0.0787. The predicted molar refractivity (Wildman–Crippen MR) is 151 cm³/mol. The molecular weight excluding hydrogens is 522 g/mol. The van der Waals surface area contributed by atoms with E-state index in [2.05, 4.69) is 5.32 Å². The van der Waals surface area contributed by atoms with Crippen LogP contribution in [-0.2, 0) is 19.1 Å². The van der Waals surface area contributed by atoms with Gasteiger partial charge in [-0.1, -0.05) is 103 Å². The van der Waals surface area contributed by atoms with Gasteiger partial charge in [0.1, 0.15) is 18.7 Å². The Morgan fingerprint density at radius 2 is 1.59 bits per heavy atom. The summed E-state index contributed by atoms with van der Waals surface area (Å²) in [5.74, 6) is -2.32. The zero-order valence-corrected chi connectivity index (χ0v) is 22.5. The Morgan fingerprint density at radius 1 is 0.976 bits per heavy atom. The molecule has 3 amide bonds. The standard InChI is InChI=1S/C32H31N3O6/c1-21(23-13-7-3-8-14-23)33-30(38)26(19-28(36)37)34-25(18-17-22-11-5-2-6-12-22)29(31(34)39)35-27(20-41-32(35)40)24-15-9-4-10-16-24/h2-18,21,25-27,29H,19-20H2,1H3,(H,33,38)(H,36,37)/t21-,25+,26+,27+,29-/m0/s1. The van der Waals surface area contributed by atoms with E-state index < -0.39 is 60.5 Å². The zero-order valence-electron chi connectivity index (χ0n) is 22.5. The molecule has 41 heavy (non-hydrogen) atoms. The van der Waals surface area contributed by atoms with Crippen LogP contribution in [0.5, 0.6) is 0 Å². The Hall–Kier alpha value is -4.92. The second-order valence-corrected chi connectivity index (χ2v) is 10.1. The van der Waals surface area contributed by atoms with Crippen molar-refractivity contribution in [3.8, 4) is 0 Å². The number of cyclic esters (lactones) is 1. The maximum atomic E-state index is 13.8. The minimum Gasteiger partial charge on any atom is -0.481 e. The van der Waals surface area contributed by atoms with Gasteiger partial charge in [-0.25, -0.2) is 4.79 Å². The van der Waals surface area contributed by atoms with E-state index in [1.165, 1.54) is 9.80 Å². The van der Waals surface area contributed by atoms with E-state index >= 15 is 0 Å². The topological polar surface area (TPSA) is 116 Å². The summed E-state index contributed by atoms with van der Waals surface area (Å²) in [6.07, 6.45) is 2.33. The molecule has 9 heteroatoms. The number of carboxylic acids is 1. The lowest BCUT2D eigenvalue weighted by Gasteiger charge is -2.52. The first-order valence-corrected chi connectivity index (χ1v) is 13.5. The molecule has 2 heterocycles. The number of likely N-dealkylation sites (tertiary alicyclic amines) is 1. The highest BCUT2D eigenvalue weighted by atomic mass is 16.6. The number of nitrogens with zero attached hydrogens (tertiary/aromatic N) is 2. The SMILES string of the molecule is C[C@H](NC(=O)[C@@H](CC(=O)O)N1C(=O)[C@@H](N2C(=O)OC[C@@H]2c2ccccc2)[C@H]1C=Cc1ccccc1)c1ccccc1. The number of carboxylic acid groups (broad SMARTS) is 1. The lowest BCUT2D eigenvalue weighted by molar-refractivity contribution is -0.165. The molecule has 2 N–H and O–H groups in total. The lowest BCUT2D eigenvalue weighted by atomic mass is 9.87. The van der Waals surface area contributed by atoms with Gasteiger partial charge in [0, 0.05) is 0 Å². The van der Waals surface area contributed by atoms with Crippen molar-refractivity contribution in [3.63, 3.8) is 0 Å². The van der Waals surface area contributed by atoms with Crippen LogP contribution in [0, 0.1) is 0 Å². The fourth-order valence-corrected chi connectivity index (χ4v) is 5.42. The van der Waals surface area contributed by atoms with E-state index in [1.807, 2.05) is 91.0 Å². The predicted octanol–water partition coefficient (Wildman–Crippen LogP) is 4.19. The van der Waals surface area contributed by atoms with Crippen molar-refractivity contribution < 1.29 is 29.0 Å². The van der Waals surface area contributed by atoms with E-state index in [0.717, 1.165) is 16.7 Å². The summed E-state index contributed by atoms with van der Waals surface area (Å²) in [7, 11) is 0. The zero-order chi connectivity index (χ0) is 28.9. The maximum absolute atomic E-state index is 13.8. The van der Waals surface area contributed by atoms with Gasteiger partial charge in [0.25, 0.3) is 0 Å². The van der Waals surface area contributed by atoms with Crippen LogP contribution in [0.3, 0.4) is 0 Å². The second-order valence-electron chi connectivity index (χ2n) is 10.1. The highest BCUT2D eigenvalue weighted by molar-refractivity contribution is 5.99. The molecule has 0 spiro atoms. The van der Waals surface area contributed by atoms with Crippen LogP contribution in [-0.4, -0.2) is 63.5 Å². The summed E-state index contributed by atoms with van der Waals surface area (Å²) < 4.78 is 5.38. The van der Waals surface area contributed by atoms with E-state index in [9.17, 15) is 24.3 Å². The summed E-state index contributed by atoms with van der Waals surface area (Å²) >= 11 is 0. The van der Waals surface area contributed by atoms with Crippen molar-refractivity contribution in [1.82, 2.24) is 15.1 Å². The Morgan fingerprint density at radius 3 is 2.22 bits per heavy atom. The number of hydrogen-bond donors (Lipinski definition) is 2. The average Bonchev–Trinajstić information content (AvgIpc) is 3.36. The highest BCUT2D eigenvalue weighted by Crippen LogP contribution is 2.39. The number of carbonyl (C=O) groups is 4. The second kappa shape index (κ2) is 12.1. The Balaban J connectivity index is 1.48. The van der Waals surface area contributed by atoms with E-state index in [4.69, 9.17) is 4.74 Å². The van der Waals surface area contributed by atoms with E-state index in [1.54, 1.807) is 19.1 Å². The van der Waals surface area contributed by atoms with Gasteiger partial charge in [-0.2, -0.15) is 0 Å². The first kappa shape index (κ1) is 27.6. The van der Waals surface area contributed by atoms with Crippen LogP contribution in [0.2, 0.25) is 0 Å². The molecule has 0 bridgehead atoms. The Kier molecular flexibility index (Phi) is 8.14. The molecule has 2 fully saturated rings. The maximum Gasteiger partial charge on any atom is 0.411 e. The molecule has 2 saturated heterocycles. The summed E-state index contributed by atoms with van der Waals surface area (Å²) in [6.45, 7) is 1.87. The number of hydrogen-bond acceptors (Lipinski definition) is 5. The molecule has 3 aromatic carbocycles. The largest absolute Gasteiger partial charge is 0.481 e. The normalized spacial score (nSPS) is 21.7. The average molecular weight is 554 g/mol. The Bertz CT molecular complexity index is 1430. The van der Waals surface area contributed by atoms with Gasteiger partial charge in [-0.05, 0) is 23.6 Å². The quantitative estimate of drug-likeness (QED) is 0.364. The number of aliphatic carboxylic acids is 1. The van der Waals surface area contributed by atoms with Crippen LogP contribution in [0.25, 0.3) is 6.08 Å². The number of β-lactam (4-membered cyclic amide) rings is 1. The van der Waals surface area contributed by atoms with Gasteiger partial charge in [0.15, 0.2) is 0 Å². The van der Waals surface area contributed by atoms with Crippen molar-refractivity contribution in [3.05, 3.63) is 114 Å². The van der Waals surface area contributed by atoms with Gasteiger partial charge in [-0.15, -0.1) is 0 Å². The molecule has 0 aliphatic carbocycles. The molecule has 0 saturated carbocycles. The molecule has 2 aliphatic rings. The Labute approximate surface area is 238 Å². The summed E-state index contributed by atoms with van der Waals surface area (Å²) in [6, 6.07) is 24.0. The third kappa shape index (κ3) is 5.84. The molecule has 5 atom stereocenters. The van der Waals surface area contributed by atoms with Crippen molar-refractivity contribution in [2.75, 3.05) is 6.61 Å². The van der Waals surface area contributed by atoms with Gasteiger partial charge >= 0.3 is 12.1 Å². The molecular formula is C32H31N3O6. The van der Waals surface area contributed by atoms with Crippen LogP contribution >= 0.6 is 0 Å². The third-order valence-electron chi connectivity index (χ3n) is 7.50. The smallest absolute Gasteiger partial charge is 0.411 e. The van der Waals surface area contributed by atoms with Gasteiger partial charge < -0.3 is 20.1 Å². The van der Waals surface area contributed by atoms with Gasteiger partial charge in [-0.3, -0.25) is 19.3 Å². The molecule has 3 aromatic rings. The number of benzene rings is 3. The number of carbonyl (C=O) groups excluding carboxylic acids is 3. The van der Waals surface area contributed by atoms with Gasteiger partial charge in [0.2, 0.25) is 11.8 Å². The van der Waals surface area contributed by atoms with Gasteiger partial charge in [0.05, 0.1) is 24.5 Å². The molecule has 210 valence electrons. The third-order valence-corrected chi connectivity index (χ3v) is 7.50. The van der Waals surface area contributed by atoms with Crippen LogP contribution < -0.4 is 5.32 Å². The van der Waals surface area contributed by atoms with Crippen molar-refractivity contribution in [1.29, 1.82) is 0 Å². The number of ether oxygens (including phenoxy) is 1. The molecule has 0 radical (unpaired) electrons. The van der Waals surface area contributed by atoms with Crippen molar-refractivity contribution >= 4 is 30.0 Å². The highest BCUT2D eigenvalue weighted by Gasteiger charge is 2.58. The van der Waals surface area contributed by atoms with Crippen molar-refractivity contribution in [2.24, 2.45) is 0 Å². The fraction of sp³-hybridized carbons (Fsp3) is 0.250. The first-order valence-electron chi connectivity index (χ1n) is 13.5. The molecule has 0 unspecified atom stereocenters. The number of rotatable bonds is 10. The van der Waals surface area contributed by atoms with Crippen LogP contribution in [0.15, 0.2) is 97.1 Å². The molecule has 9 nitrogen and oxygen atoms in total. The van der Waals surface area contributed by atoms with Crippen molar-refractivity contribution in [2.45, 2.75) is 43.6 Å². The lowest BCUT2D eigenvalue weighted by Crippen LogP contribution is -2.74. The van der Waals surface area contributed by atoms with Crippen LogP contribution in [0.1, 0.15) is 42.1 Å². The first-order chi connectivity index (χ1) is 19.8. The molecule has 5 rings (SSSR count). The van der Waals surface area contributed by atoms with Crippen LogP contribution in [0.4, 0.5) is 4.79 Å². The number of nitrogens with one attached hydrogen (secondary N) is 1. The number of amides is 3. The minimum atomic E-state index is -1.29. The summed E-state index contributed by atoms with van der Waals surface area (Å²) in [4.78, 5) is 55.0. The molecule has 2 aliphatic heterocycles. The summed E-state index contributed by atoms with van der Waals surface area (Å²) in [5.41, 5.74) is 2.51.